The molecular formula is C17H29N7O10. The number of amides is 3. The van der Waals surface area contributed by atoms with Gasteiger partial charge in [0.1, 0.15) is 24.2 Å². The Kier molecular flexibility index (Phi) is 13.2. The van der Waals surface area contributed by atoms with Gasteiger partial charge in [0.2, 0.25) is 17.7 Å². The van der Waals surface area contributed by atoms with E-state index in [1.54, 1.807) is 0 Å². The van der Waals surface area contributed by atoms with Crippen LogP contribution in [0.25, 0.3) is 0 Å². The fourth-order valence-corrected chi connectivity index (χ4v) is 2.44. The van der Waals surface area contributed by atoms with E-state index >= 15 is 0 Å². The van der Waals surface area contributed by atoms with Crippen molar-refractivity contribution in [1.29, 1.82) is 0 Å². The molecule has 0 aromatic heterocycles. The van der Waals surface area contributed by atoms with Crippen LogP contribution < -0.4 is 33.2 Å². The summed E-state index contributed by atoms with van der Waals surface area (Å²) in [7, 11) is 0. The molecule has 4 unspecified atom stereocenters. The zero-order chi connectivity index (χ0) is 26.4. The van der Waals surface area contributed by atoms with Gasteiger partial charge in [-0.15, -0.1) is 0 Å². The van der Waals surface area contributed by atoms with Crippen LogP contribution in [0.2, 0.25) is 0 Å². The average molecular weight is 491 g/mol. The zero-order valence-corrected chi connectivity index (χ0v) is 18.0. The first-order valence-electron chi connectivity index (χ1n) is 9.77. The van der Waals surface area contributed by atoms with Crippen LogP contribution in [0.3, 0.4) is 0 Å². The third-order valence-corrected chi connectivity index (χ3v) is 4.12. The van der Waals surface area contributed by atoms with Gasteiger partial charge in [0, 0.05) is 6.54 Å². The monoisotopic (exact) mass is 491 g/mol. The zero-order valence-electron chi connectivity index (χ0n) is 18.0. The SMILES string of the molecule is NC(N)=NCCCC(NC(=O)C(CC(=O)O)NC(=O)C(CC(=O)O)NC(=O)C(N)CO)C(=O)O. The third kappa shape index (κ3) is 12.2. The number of carbonyl (C=O) groups excluding carboxylic acids is 3. The molecule has 0 saturated carbocycles. The van der Waals surface area contributed by atoms with E-state index in [9.17, 15) is 33.9 Å². The number of guanidine groups is 1. The minimum absolute atomic E-state index is 0.0593. The number of carbonyl (C=O) groups is 6. The normalized spacial score (nSPS) is 13.9. The van der Waals surface area contributed by atoms with Crippen molar-refractivity contribution in [1.82, 2.24) is 16.0 Å². The summed E-state index contributed by atoms with van der Waals surface area (Å²) in [5.74, 6) is -8.24. The van der Waals surface area contributed by atoms with Crippen LogP contribution in [0.5, 0.6) is 0 Å². The number of nitrogens with two attached hydrogens (primary N) is 3. The summed E-state index contributed by atoms with van der Waals surface area (Å²) in [5.41, 5.74) is 15.6. The number of aliphatic hydroxyl groups is 1. The minimum atomic E-state index is -1.82. The molecule has 0 aromatic carbocycles. The topological polar surface area (TPSA) is 310 Å². The predicted molar refractivity (Wildman–Crippen MR) is 113 cm³/mol. The molecule has 0 bridgehead atoms. The van der Waals surface area contributed by atoms with Crippen molar-refractivity contribution in [3.8, 4) is 0 Å². The summed E-state index contributed by atoms with van der Waals surface area (Å²) in [6.45, 7) is -0.749. The summed E-state index contributed by atoms with van der Waals surface area (Å²) in [4.78, 5) is 74.1. The highest BCUT2D eigenvalue weighted by molar-refractivity contribution is 5.96. The standard InChI is InChI=1S/C17H29N7O10/c18-7(6-25)13(30)23-9(4-11(26)27)15(32)24-10(5-12(28)29)14(31)22-8(16(33)34)2-1-3-21-17(19)20/h7-10,25H,1-6,18H2,(H,22,31)(H,23,30)(H,24,32)(H,26,27)(H,28,29)(H,33,34)(H4,19,20,21). The van der Waals surface area contributed by atoms with E-state index in [1.165, 1.54) is 0 Å². The molecule has 34 heavy (non-hydrogen) atoms. The summed E-state index contributed by atoms with van der Waals surface area (Å²) < 4.78 is 0. The second-order valence-electron chi connectivity index (χ2n) is 6.96. The maximum atomic E-state index is 12.5. The molecule has 3 amide bonds. The van der Waals surface area contributed by atoms with Crippen LogP contribution in [-0.4, -0.2) is 99.3 Å². The van der Waals surface area contributed by atoms with Crippen LogP contribution in [0.4, 0.5) is 0 Å². The summed E-state index contributed by atoms with van der Waals surface area (Å²) >= 11 is 0. The molecule has 0 heterocycles. The van der Waals surface area contributed by atoms with Gasteiger partial charge < -0.3 is 53.6 Å². The highest BCUT2D eigenvalue weighted by atomic mass is 16.4. The van der Waals surface area contributed by atoms with Crippen LogP contribution in [-0.2, 0) is 28.8 Å². The van der Waals surface area contributed by atoms with Gasteiger partial charge in [0.05, 0.1) is 19.4 Å². The Morgan fingerprint density at radius 1 is 0.765 bits per heavy atom. The molecule has 0 aromatic rings. The van der Waals surface area contributed by atoms with Gasteiger partial charge in [-0.25, -0.2) is 4.79 Å². The van der Waals surface area contributed by atoms with E-state index in [0.717, 1.165) is 0 Å². The predicted octanol–water partition coefficient (Wildman–Crippen LogP) is -5.15. The second-order valence-corrected chi connectivity index (χ2v) is 6.96. The fraction of sp³-hybridized carbons (Fsp3) is 0.588. The maximum absolute atomic E-state index is 12.5. The van der Waals surface area contributed by atoms with Gasteiger partial charge >= 0.3 is 17.9 Å². The summed E-state index contributed by atoms with van der Waals surface area (Å²) in [6, 6.07) is -6.55. The molecule has 0 spiro atoms. The van der Waals surface area contributed by atoms with Crippen molar-refractivity contribution in [2.24, 2.45) is 22.2 Å². The number of aliphatic hydroxyl groups excluding tert-OH is 1. The van der Waals surface area contributed by atoms with Crippen LogP contribution in [0.1, 0.15) is 25.7 Å². The average Bonchev–Trinajstić information content (AvgIpc) is 2.72. The molecule has 17 heteroatoms. The van der Waals surface area contributed by atoms with Gasteiger partial charge in [-0.05, 0) is 12.8 Å². The molecule has 13 N–H and O–H groups in total. The highest BCUT2D eigenvalue weighted by Gasteiger charge is 2.32. The Morgan fingerprint density at radius 2 is 1.21 bits per heavy atom. The van der Waals surface area contributed by atoms with Gasteiger partial charge in [0.25, 0.3) is 0 Å². The Hall–Kier alpha value is -3.99. The molecule has 0 radical (unpaired) electrons. The number of carboxylic acid groups (broad SMARTS) is 3. The number of carboxylic acids is 3. The lowest BCUT2D eigenvalue weighted by Crippen LogP contribution is -2.58. The largest absolute Gasteiger partial charge is 0.481 e. The van der Waals surface area contributed by atoms with E-state index in [1.807, 2.05) is 10.6 Å². The first-order valence-corrected chi connectivity index (χ1v) is 9.77. The summed E-state index contributed by atoms with van der Waals surface area (Å²) in [5, 5.41) is 42.3. The lowest BCUT2D eigenvalue weighted by atomic mass is 10.1. The van der Waals surface area contributed by atoms with Gasteiger partial charge in [0.15, 0.2) is 5.96 Å². The third-order valence-electron chi connectivity index (χ3n) is 4.12. The minimum Gasteiger partial charge on any atom is -0.481 e. The molecule has 0 fully saturated rings. The number of nitrogens with one attached hydrogen (secondary N) is 3. The number of aliphatic imine (C=N–C) groups is 1. The summed E-state index contributed by atoms with van der Waals surface area (Å²) in [6.07, 6.45) is -1.94. The highest BCUT2D eigenvalue weighted by Crippen LogP contribution is 2.03. The first kappa shape index (κ1) is 30.0. The van der Waals surface area contributed by atoms with Gasteiger partial charge in [-0.3, -0.25) is 29.0 Å². The quantitative estimate of drug-likeness (QED) is 0.0549. The van der Waals surface area contributed by atoms with Crippen molar-refractivity contribution in [3.05, 3.63) is 0 Å². The number of rotatable bonds is 16. The number of aliphatic carboxylic acids is 3. The maximum Gasteiger partial charge on any atom is 0.326 e. The molecule has 0 aliphatic rings. The van der Waals surface area contributed by atoms with Crippen molar-refractivity contribution >= 4 is 41.6 Å². The Balaban J connectivity index is 5.45. The van der Waals surface area contributed by atoms with Crippen LogP contribution in [0, 0.1) is 0 Å². The smallest absolute Gasteiger partial charge is 0.326 e. The molecule has 0 saturated heterocycles. The number of hydrogen-bond acceptors (Lipinski definition) is 9. The molecule has 0 aliphatic carbocycles. The fourth-order valence-electron chi connectivity index (χ4n) is 2.44. The van der Waals surface area contributed by atoms with Crippen molar-refractivity contribution in [3.63, 3.8) is 0 Å². The van der Waals surface area contributed by atoms with Crippen LogP contribution >= 0.6 is 0 Å². The molecule has 0 rings (SSSR count). The molecule has 192 valence electrons. The molecule has 17 nitrogen and oxygen atoms in total. The molecular weight excluding hydrogens is 462 g/mol. The lowest BCUT2D eigenvalue weighted by Gasteiger charge is -2.23. The molecule has 0 aliphatic heterocycles. The van der Waals surface area contributed by atoms with Crippen LogP contribution in [0.15, 0.2) is 4.99 Å². The van der Waals surface area contributed by atoms with E-state index < -0.39 is 79.2 Å². The molecule has 4 atom stereocenters. The van der Waals surface area contributed by atoms with E-state index in [-0.39, 0.29) is 25.3 Å². The lowest BCUT2D eigenvalue weighted by molar-refractivity contribution is -0.145. The van der Waals surface area contributed by atoms with Gasteiger partial charge in [-0.1, -0.05) is 0 Å². The Morgan fingerprint density at radius 3 is 1.59 bits per heavy atom. The van der Waals surface area contributed by atoms with Crippen molar-refractivity contribution in [2.75, 3.05) is 13.2 Å². The second kappa shape index (κ2) is 15.0. The van der Waals surface area contributed by atoms with E-state index in [2.05, 4.69) is 10.3 Å². The van der Waals surface area contributed by atoms with Gasteiger partial charge in [-0.2, -0.15) is 0 Å². The van der Waals surface area contributed by atoms with Crippen molar-refractivity contribution in [2.45, 2.75) is 49.9 Å². The van der Waals surface area contributed by atoms with E-state index in [0.29, 0.717) is 0 Å². The Labute approximate surface area is 192 Å². The Bertz CT molecular complexity index is 800. The first-order chi connectivity index (χ1) is 15.8. The van der Waals surface area contributed by atoms with E-state index in [4.69, 9.17) is 32.5 Å². The van der Waals surface area contributed by atoms with Crippen molar-refractivity contribution < 1.29 is 49.2 Å². The number of hydrogen-bond donors (Lipinski definition) is 10. The number of nitrogens with zero attached hydrogens (tertiary/aromatic N) is 1.